The van der Waals surface area contributed by atoms with Crippen molar-refractivity contribution in [3.05, 3.63) is 64.1 Å². The maximum Gasteiger partial charge on any atom is 0.241 e. The second-order valence-electron chi connectivity index (χ2n) is 6.87. The van der Waals surface area contributed by atoms with Crippen LogP contribution < -0.4 is 15.4 Å². The van der Waals surface area contributed by atoms with Gasteiger partial charge in [0.1, 0.15) is 11.9 Å². The smallest absolute Gasteiger partial charge is 0.241 e. The highest BCUT2D eigenvalue weighted by Crippen LogP contribution is 2.27. The summed E-state index contributed by atoms with van der Waals surface area (Å²) in [6.07, 6.45) is 0.904. The van der Waals surface area contributed by atoms with E-state index in [1.165, 1.54) is 5.56 Å². The van der Waals surface area contributed by atoms with Crippen LogP contribution in [0.15, 0.2) is 58.0 Å². The Morgan fingerprint density at radius 2 is 1.90 bits per heavy atom. The molecule has 3 rings (SSSR count). The van der Waals surface area contributed by atoms with Crippen molar-refractivity contribution in [1.29, 1.82) is 0 Å². The molecule has 0 spiro atoms. The van der Waals surface area contributed by atoms with Gasteiger partial charge in [-0.3, -0.25) is 4.79 Å². The van der Waals surface area contributed by atoms with Crippen LogP contribution >= 0.6 is 39.9 Å². The number of likely N-dealkylation sites (N-methyl/N-ethyl adjacent to an activating group) is 1. The second kappa shape index (κ2) is 11.4. The molecule has 0 fully saturated rings. The fourth-order valence-corrected chi connectivity index (χ4v) is 3.09. The fourth-order valence-electron chi connectivity index (χ4n) is 2.83. The highest BCUT2D eigenvalue weighted by molar-refractivity contribution is 14.0. The monoisotopic (exact) mass is 572 g/mol. The highest BCUT2D eigenvalue weighted by atomic mass is 127. The van der Waals surface area contributed by atoms with E-state index in [9.17, 15) is 4.79 Å². The van der Waals surface area contributed by atoms with Gasteiger partial charge < -0.3 is 20.3 Å². The van der Waals surface area contributed by atoms with Crippen LogP contribution in [0.3, 0.4) is 0 Å². The van der Waals surface area contributed by atoms with Crippen LogP contribution in [0.25, 0.3) is 0 Å². The highest BCUT2D eigenvalue weighted by Gasteiger charge is 2.22. The Hall–Kier alpha value is -1.81. The summed E-state index contributed by atoms with van der Waals surface area (Å²) in [6.45, 7) is 1.31. The minimum atomic E-state index is -0.0114. The van der Waals surface area contributed by atoms with Gasteiger partial charge in [-0.2, -0.15) is 0 Å². The average molecular weight is 573 g/mol. The third-order valence-electron chi connectivity index (χ3n) is 4.45. The van der Waals surface area contributed by atoms with E-state index in [2.05, 4.69) is 37.6 Å². The van der Waals surface area contributed by atoms with Crippen LogP contribution in [0.4, 0.5) is 0 Å². The van der Waals surface area contributed by atoms with Crippen molar-refractivity contribution in [3.63, 3.8) is 0 Å². The van der Waals surface area contributed by atoms with E-state index in [0.717, 1.165) is 22.2 Å². The maximum atomic E-state index is 11.9. The minimum absolute atomic E-state index is 0. The van der Waals surface area contributed by atoms with Gasteiger partial charge in [0.25, 0.3) is 0 Å². The van der Waals surface area contributed by atoms with Crippen LogP contribution in [0, 0.1) is 0 Å². The zero-order chi connectivity index (χ0) is 19.9. The van der Waals surface area contributed by atoms with Crippen LogP contribution in [-0.4, -0.2) is 50.1 Å². The average Bonchev–Trinajstić information content (AvgIpc) is 3.11. The molecule has 6 nitrogen and oxygen atoms in total. The minimum Gasteiger partial charge on any atom is -0.488 e. The number of guanidine groups is 1. The molecule has 1 amide bonds. The Morgan fingerprint density at radius 3 is 2.59 bits per heavy atom. The number of para-hydroxylation sites is 1. The third-order valence-corrected chi connectivity index (χ3v) is 4.98. The van der Waals surface area contributed by atoms with Crippen LogP contribution in [0.5, 0.6) is 5.75 Å². The van der Waals surface area contributed by atoms with E-state index in [0.29, 0.717) is 19.0 Å². The predicted molar refractivity (Wildman–Crippen MR) is 130 cm³/mol. The Kier molecular flexibility index (Phi) is 9.22. The first kappa shape index (κ1) is 23.5. The topological polar surface area (TPSA) is 66.0 Å². The van der Waals surface area contributed by atoms with Crippen molar-refractivity contribution in [2.75, 3.05) is 27.2 Å². The van der Waals surface area contributed by atoms with Crippen molar-refractivity contribution in [1.82, 2.24) is 15.5 Å². The lowest BCUT2D eigenvalue weighted by molar-refractivity contribution is -0.127. The molecule has 2 aromatic carbocycles. The molecule has 0 aliphatic carbocycles. The Morgan fingerprint density at radius 1 is 1.17 bits per heavy atom. The van der Waals surface area contributed by atoms with E-state index in [1.54, 1.807) is 19.0 Å². The van der Waals surface area contributed by atoms with E-state index >= 15 is 0 Å². The van der Waals surface area contributed by atoms with Crippen LogP contribution in [-0.2, 0) is 17.8 Å². The van der Waals surface area contributed by atoms with Gasteiger partial charge >= 0.3 is 0 Å². The molecule has 1 aliphatic rings. The van der Waals surface area contributed by atoms with Crippen molar-refractivity contribution >= 4 is 51.8 Å². The number of fused-ring (bicyclic) bond motifs is 1. The van der Waals surface area contributed by atoms with Crippen molar-refractivity contribution in [3.8, 4) is 5.75 Å². The molecule has 0 radical (unpaired) electrons. The first-order valence-corrected chi connectivity index (χ1v) is 10.0. The molecule has 29 heavy (non-hydrogen) atoms. The number of aliphatic imine (C=N–C) groups is 1. The lowest BCUT2D eigenvalue weighted by atomic mass is 10.1. The van der Waals surface area contributed by atoms with E-state index in [4.69, 9.17) is 4.74 Å². The summed E-state index contributed by atoms with van der Waals surface area (Å²) in [5.74, 6) is 1.53. The molecule has 0 aromatic heterocycles. The number of amides is 1. The molecule has 8 heteroatoms. The lowest BCUT2D eigenvalue weighted by Gasteiger charge is -2.17. The summed E-state index contributed by atoms with van der Waals surface area (Å²) in [5, 5.41) is 6.42. The number of halogens is 2. The van der Waals surface area contributed by atoms with E-state index in [-0.39, 0.29) is 42.5 Å². The normalized spacial score (nSPS) is 15.0. The molecule has 1 atom stereocenters. The number of nitrogens with zero attached hydrogens (tertiary/aromatic N) is 2. The molecular weight excluding hydrogens is 547 g/mol. The van der Waals surface area contributed by atoms with Crippen molar-refractivity contribution in [2.45, 2.75) is 19.1 Å². The standard InChI is InChI=1S/C21H25BrN4O2.HI/c1-26(2)20(27)14-25-21(23-12-15-7-9-17(22)10-8-15)24-13-18-11-16-5-3-4-6-19(16)28-18;/h3-10,18H,11-14H2,1-2H3,(H2,23,24,25);1H. The zero-order valence-corrected chi connectivity index (χ0v) is 20.4. The molecule has 2 N–H and O–H groups in total. The lowest BCUT2D eigenvalue weighted by Crippen LogP contribution is -2.45. The predicted octanol–water partition coefficient (Wildman–Crippen LogP) is 3.19. The second-order valence-corrected chi connectivity index (χ2v) is 7.78. The molecule has 0 bridgehead atoms. The number of hydrogen-bond acceptors (Lipinski definition) is 3. The summed E-state index contributed by atoms with van der Waals surface area (Å²) < 4.78 is 7.00. The SMILES string of the molecule is CN(C)C(=O)CNC(=NCc1ccc(Br)cc1)NCC1Cc2ccccc2O1.I. The number of benzene rings is 2. The summed E-state index contributed by atoms with van der Waals surface area (Å²) in [7, 11) is 3.47. The zero-order valence-electron chi connectivity index (χ0n) is 16.5. The van der Waals surface area contributed by atoms with Crippen LogP contribution in [0.1, 0.15) is 11.1 Å². The summed E-state index contributed by atoms with van der Waals surface area (Å²) >= 11 is 3.44. The van der Waals surface area contributed by atoms with Gasteiger partial charge in [0.15, 0.2) is 5.96 Å². The molecule has 2 aromatic rings. The van der Waals surface area contributed by atoms with Crippen molar-refractivity contribution in [2.24, 2.45) is 4.99 Å². The Labute approximate surface area is 197 Å². The van der Waals surface area contributed by atoms with Gasteiger partial charge in [0.05, 0.1) is 19.6 Å². The van der Waals surface area contributed by atoms with Crippen LogP contribution in [0.2, 0.25) is 0 Å². The molecule has 1 unspecified atom stereocenters. The van der Waals surface area contributed by atoms with Gasteiger partial charge in [-0.05, 0) is 29.3 Å². The number of hydrogen-bond donors (Lipinski definition) is 2. The Bertz CT molecular complexity index is 818. The number of ether oxygens (including phenoxy) is 1. The van der Waals surface area contributed by atoms with Gasteiger partial charge in [-0.1, -0.05) is 46.3 Å². The maximum absolute atomic E-state index is 11.9. The van der Waals surface area contributed by atoms with Crippen molar-refractivity contribution < 1.29 is 9.53 Å². The molecule has 1 heterocycles. The van der Waals surface area contributed by atoms with E-state index in [1.807, 2.05) is 42.5 Å². The molecule has 156 valence electrons. The first-order valence-electron chi connectivity index (χ1n) is 9.22. The number of carbonyl (C=O) groups excluding carboxylic acids is 1. The first-order chi connectivity index (χ1) is 13.5. The molecule has 0 saturated carbocycles. The Balaban J connectivity index is 0.00000300. The summed E-state index contributed by atoms with van der Waals surface area (Å²) in [5.41, 5.74) is 2.31. The molecule has 1 aliphatic heterocycles. The van der Waals surface area contributed by atoms with Gasteiger partial charge in [-0.15, -0.1) is 24.0 Å². The summed E-state index contributed by atoms with van der Waals surface area (Å²) in [4.78, 5) is 18.1. The number of rotatable bonds is 6. The quantitative estimate of drug-likeness (QED) is 0.317. The third kappa shape index (κ3) is 7.18. The van der Waals surface area contributed by atoms with E-state index < -0.39 is 0 Å². The number of nitrogens with one attached hydrogen (secondary N) is 2. The number of carbonyl (C=O) groups is 1. The van der Waals surface area contributed by atoms with Gasteiger partial charge in [-0.25, -0.2) is 4.99 Å². The molecular formula is C21H26BrIN4O2. The summed E-state index contributed by atoms with van der Waals surface area (Å²) in [6, 6.07) is 16.1. The largest absolute Gasteiger partial charge is 0.488 e. The van der Waals surface area contributed by atoms with Gasteiger partial charge in [0.2, 0.25) is 5.91 Å². The fraction of sp³-hybridized carbons (Fsp3) is 0.333. The van der Waals surface area contributed by atoms with Gasteiger partial charge in [0, 0.05) is 25.0 Å². The molecule has 0 saturated heterocycles.